The van der Waals surface area contributed by atoms with Crippen molar-refractivity contribution in [2.75, 3.05) is 19.8 Å². The molecule has 4 fully saturated rings. The highest BCUT2D eigenvalue weighted by molar-refractivity contribution is 6.26. The second-order valence-electron chi connectivity index (χ2n) is 10.9. The Morgan fingerprint density at radius 2 is 2.06 bits per heavy atom. The Balaban J connectivity index is 1.56. The van der Waals surface area contributed by atoms with E-state index in [-0.39, 0.29) is 36.8 Å². The van der Waals surface area contributed by atoms with Gasteiger partial charge in [0.2, 0.25) is 0 Å². The molecule has 8 heteroatoms. The van der Waals surface area contributed by atoms with Crippen molar-refractivity contribution in [3.8, 4) is 0 Å². The van der Waals surface area contributed by atoms with E-state index in [1.54, 1.807) is 13.0 Å². The van der Waals surface area contributed by atoms with E-state index in [2.05, 4.69) is 0 Å². The van der Waals surface area contributed by atoms with Crippen LogP contribution in [0.4, 0.5) is 4.39 Å². The number of aliphatic hydroxyl groups is 2. The Morgan fingerprint density at radius 1 is 1.34 bits per heavy atom. The van der Waals surface area contributed by atoms with Gasteiger partial charge in [0.05, 0.1) is 24.2 Å². The number of carbonyl (C=O) groups is 2. The number of rotatable bonds is 5. The average molecular weight is 471 g/mol. The largest absolute Gasteiger partial charge is 0.388 e. The van der Waals surface area contributed by atoms with Crippen LogP contribution < -0.4 is 0 Å². The Morgan fingerprint density at radius 3 is 2.72 bits per heavy atom. The number of fused-ring (bicyclic) bond motifs is 5. The Hall–Kier alpha value is -0.860. The van der Waals surface area contributed by atoms with Crippen molar-refractivity contribution in [3.63, 3.8) is 0 Å². The molecule has 0 amide bonds. The van der Waals surface area contributed by atoms with Crippen LogP contribution in [0.2, 0.25) is 0 Å². The summed E-state index contributed by atoms with van der Waals surface area (Å²) < 4.78 is 27.5. The molecule has 1 aliphatic heterocycles. The number of aliphatic hydroxyl groups excluding tert-OH is 1. The zero-order valence-corrected chi connectivity index (χ0v) is 19.4. The normalized spacial score (nSPS) is 52.0. The quantitative estimate of drug-likeness (QED) is 0.473. The van der Waals surface area contributed by atoms with Gasteiger partial charge in [-0.05, 0) is 50.0 Å². The summed E-state index contributed by atoms with van der Waals surface area (Å²) in [5.41, 5.74) is -2.85. The number of carbonyl (C=O) groups excluding carboxylic acids is 2. The van der Waals surface area contributed by atoms with Gasteiger partial charge in [-0.15, -0.1) is 11.6 Å². The predicted molar refractivity (Wildman–Crippen MR) is 114 cm³/mol. The molecule has 0 bridgehead atoms. The zero-order valence-electron chi connectivity index (χ0n) is 18.6. The van der Waals surface area contributed by atoms with Crippen LogP contribution in [0, 0.1) is 22.7 Å². The van der Waals surface area contributed by atoms with Crippen LogP contribution in [-0.2, 0) is 19.1 Å². The van der Waals surface area contributed by atoms with Crippen molar-refractivity contribution >= 4 is 23.2 Å². The summed E-state index contributed by atoms with van der Waals surface area (Å²) in [6, 6.07) is 0. The number of hydrogen-bond donors (Lipinski definition) is 2. The third kappa shape index (κ3) is 2.78. The van der Waals surface area contributed by atoms with Gasteiger partial charge in [0.1, 0.15) is 18.9 Å². The summed E-state index contributed by atoms with van der Waals surface area (Å²) in [7, 11) is 0. The Kier molecular flexibility index (Phi) is 5.24. The molecule has 0 aromatic carbocycles. The number of allylic oxidation sites excluding steroid dienone is 1. The molecular weight excluding hydrogens is 439 g/mol. The molecule has 0 radical (unpaired) electrons. The second kappa shape index (κ2) is 7.32. The van der Waals surface area contributed by atoms with E-state index in [4.69, 9.17) is 21.1 Å². The van der Waals surface area contributed by atoms with Crippen molar-refractivity contribution in [3.05, 3.63) is 11.6 Å². The molecule has 6 nitrogen and oxygen atoms in total. The summed E-state index contributed by atoms with van der Waals surface area (Å²) >= 11 is 7.31. The number of halogens is 2. The lowest BCUT2D eigenvalue weighted by Gasteiger charge is -2.64. The van der Waals surface area contributed by atoms with Gasteiger partial charge in [-0.3, -0.25) is 9.59 Å². The van der Waals surface area contributed by atoms with Gasteiger partial charge in [0.15, 0.2) is 17.2 Å². The summed E-state index contributed by atoms with van der Waals surface area (Å²) in [6.07, 6.45) is 1.60. The molecule has 32 heavy (non-hydrogen) atoms. The van der Waals surface area contributed by atoms with Crippen LogP contribution in [0.15, 0.2) is 11.6 Å². The summed E-state index contributed by atoms with van der Waals surface area (Å²) in [6.45, 7) is 3.71. The first-order valence-electron chi connectivity index (χ1n) is 11.7. The monoisotopic (exact) mass is 470 g/mol. The molecular formula is C24H32ClFO6. The molecule has 3 saturated carbocycles. The van der Waals surface area contributed by atoms with E-state index in [1.807, 2.05) is 6.92 Å². The first-order chi connectivity index (χ1) is 15.0. The van der Waals surface area contributed by atoms with Crippen molar-refractivity contribution in [1.82, 2.24) is 0 Å². The lowest BCUT2D eigenvalue weighted by molar-refractivity contribution is -0.189. The maximum atomic E-state index is 16.3. The average Bonchev–Trinajstić information content (AvgIpc) is 3.55. The smallest absolute Gasteiger partial charge is 0.192 e. The molecule has 2 N–H and O–H groups in total. The van der Waals surface area contributed by atoms with Crippen molar-refractivity contribution in [2.24, 2.45) is 22.7 Å². The van der Waals surface area contributed by atoms with Gasteiger partial charge in [-0.2, -0.15) is 0 Å². The standard InChI is InChI=1S/C24H32ClFO6/c1-21-6-5-14(28)7-13(21)3-4-16-17-8-20(32-12-15-11-31-15)24(30,19(29)10-27)22(17,2)9-18(26)23(16,21)25/h7,15-18,20,27,30H,3-6,8-12H2,1-2H3/t15?,16-,17-,18?,20?,21-,22-,23-,24+/m0/s1. The van der Waals surface area contributed by atoms with Crippen molar-refractivity contribution < 1.29 is 33.7 Å². The molecule has 5 aliphatic rings. The number of alkyl halides is 2. The maximum absolute atomic E-state index is 16.3. The SMILES string of the molecule is C[C@]12CCC(=O)C=C1CC[C@H]1[C@@H]3CC(OCC4CO4)[C@](O)(C(=O)CO)[C@@]3(C)CC(F)[C@@]12Cl. The molecule has 1 saturated heterocycles. The van der Waals surface area contributed by atoms with Crippen molar-refractivity contribution in [1.29, 1.82) is 0 Å². The van der Waals surface area contributed by atoms with E-state index in [0.717, 1.165) is 5.57 Å². The number of ether oxygens (including phenoxy) is 2. The Bertz CT molecular complexity index is 875. The van der Waals surface area contributed by atoms with Gasteiger partial charge in [0.25, 0.3) is 0 Å². The fourth-order valence-electron chi connectivity index (χ4n) is 7.69. The molecule has 0 aromatic heterocycles. The molecule has 1 heterocycles. The zero-order chi connectivity index (χ0) is 23.1. The topological polar surface area (TPSA) is 96.4 Å². The van der Waals surface area contributed by atoms with E-state index in [9.17, 15) is 19.8 Å². The number of epoxide rings is 1. The molecule has 0 aromatic rings. The highest BCUT2D eigenvalue weighted by atomic mass is 35.5. The summed E-state index contributed by atoms with van der Waals surface area (Å²) in [5, 5.41) is 21.5. The van der Waals surface area contributed by atoms with E-state index >= 15 is 4.39 Å². The molecule has 0 spiro atoms. The van der Waals surface area contributed by atoms with Crippen LogP contribution in [0.3, 0.4) is 0 Å². The highest BCUT2D eigenvalue weighted by Crippen LogP contribution is 2.71. The predicted octanol–water partition coefficient (Wildman–Crippen LogP) is 2.51. The van der Waals surface area contributed by atoms with E-state index < -0.39 is 46.0 Å². The first kappa shape index (κ1) is 22.9. The minimum Gasteiger partial charge on any atom is -0.388 e. The number of Topliss-reactive ketones (excluding diaryl/α,β-unsaturated/α-hetero) is 1. The Labute approximate surface area is 192 Å². The minimum absolute atomic E-state index is 0.0546. The molecule has 5 rings (SSSR count). The van der Waals surface area contributed by atoms with Crippen LogP contribution in [0.1, 0.15) is 52.4 Å². The molecule has 178 valence electrons. The van der Waals surface area contributed by atoms with Crippen LogP contribution in [0.25, 0.3) is 0 Å². The minimum atomic E-state index is -2.00. The fourth-order valence-corrected chi connectivity index (χ4v) is 8.24. The van der Waals surface area contributed by atoms with Crippen molar-refractivity contribution in [2.45, 2.75) is 81.2 Å². The maximum Gasteiger partial charge on any atom is 0.192 e. The van der Waals surface area contributed by atoms with Gasteiger partial charge in [-0.1, -0.05) is 19.4 Å². The third-order valence-electron chi connectivity index (χ3n) is 9.65. The van der Waals surface area contributed by atoms with Gasteiger partial charge < -0.3 is 19.7 Å². The van der Waals surface area contributed by atoms with Gasteiger partial charge in [-0.25, -0.2) is 4.39 Å². The lowest BCUT2D eigenvalue weighted by Crippen LogP contribution is -2.69. The summed E-state index contributed by atoms with van der Waals surface area (Å²) in [5.74, 6) is -1.22. The third-order valence-corrected chi connectivity index (χ3v) is 10.6. The fraction of sp³-hybridized carbons (Fsp3) is 0.833. The number of hydrogen-bond acceptors (Lipinski definition) is 6. The van der Waals surface area contributed by atoms with Gasteiger partial charge in [0, 0.05) is 17.3 Å². The lowest BCUT2D eigenvalue weighted by atomic mass is 9.45. The van der Waals surface area contributed by atoms with Crippen LogP contribution in [0.5, 0.6) is 0 Å². The van der Waals surface area contributed by atoms with Gasteiger partial charge >= 0.3 is 0 Å². The first-order valence-corrected chi connectivity index (χ1v) is 12.1. The number of ketones is 2. The van der Waals surface area contributed by atoms with E-state index in [1.165, 1.54) is 0 Å². The van der Waals surface area contributed by atoms with E-state index in [0.29, 0.717) is 38.7 Å². The van der Waals surface area contributed by atoms with Crippen LogP contribution >= 0.6 is 11.6 Å². The molecule has 9 atom stereocenters. The van der Waals surface area contributed by atoms with Crippen LogP contribution in [-0.4, -0.2) is 70.5 Å². The highest BCUT2D eigenvalue weighted by Gasteiger charge is 2.76. The summed E-state index contributed by atoms with van der Waals surface area (Å²) in [4.78, 5) is 23.8. The second-order valence-corrected chi connectivity index (χ2v) is 11.6. The molecule has 4 aliphatic carbocycles. The molecule has 3 unspecified atom stereocenters.